The molecule has 106 valence electrons. The number of hydrogen-bond acceptors (Lipinski definition) is 4. The molecule has 0 aromatic heterocycles. The van der Waals surface area contributed by atoms with Gasteiger partial charge in [0.25, 0.3) is 0 Å². The Hall–Kier alpha value is -0.420. The number of thiol groups is 1. The van der Waals surface area contributed by atoms with Gasteiger partial charge < -0.3 is 15.0 Å². The normalized spacial score (nSPS) is 22.7. The van der Waals surface area contributed by atoms with E-state index in [1.165, 1.54) is 0 Å². The number of nitrogens with one attached hydrogen (secondary N) is 1. The quantitative estimate of drug-likeness (QED) is 0.776. The van der Waals surface area contributed by atoms with Gasteiger partial charge in [-0.3, -0.25) is 0 Å². The molecule has 0 radical (unpaired) electrons. The largest absolute Gasteiger partial charge is 0.444 e. The van der Waals surface area contributed by atoms with Crippen molar-refractivity contribution < 1.29 is 9.53 Å². The molecule has 4 nitrogen and oxygen atoms in total. The Morgan fingerprint density at radius 3 is 2.78 bits per heavy atom. The molecule has 2 atom stereocenters. The fourth-order valence-electron chi connectivity index (χ4n) is 1.97. The van der Waals surface area contributed by atoms with Crippen LogP contribution in [-0.2, 0) is 4.74 Å². The van der Waals surface area contributed by atoms with Gasteiger partial charge in [-0.2, -0.15) is 12.6 Å². The topological polar surface area (TPSA) is 41.6 Å². The summed E-state index contributed by atoms with van der Waals surface area (Å²) in [4.78, 5) is 13.8. The highest BCUT2D eigenvalue weighted by atomic mass is 32.1. The number of rotatable bonds is 3. The first-order chi connectivity index (χ1) is 8.28. The lowest BCUT2D eigenvalue weighted by Gasteiger charge is -2.34. The maximum atomic E-state index is 12.0. The van der Waals surface area contributed by atoms with Gasteiger partial charge in [0.15, 0.2) is 0 Å². The molecule has 18 heavy (non-hydrogen) atoms. The Morgan fingerprint density at radius 1 is 1.56 bits per heavy atom. The molecule has 0 aliphatic carbocycles. The minimum Gasteiger partial charge on any atom is -0.444 e. The number of nitrogens with zero attached hydrogens (tertiary/aromatic N) is 1. The third-order valence-electron chi connectivity index (χ3n) is 2.78. The molecule has 1 saturated heterocycles. The van der Waals surface area contributed by atoms with Crippen molar-refractivity contribution in [3.05, 3.63) is 0 Å². The summed E-state index contributed by atoms with van der Waals surface area (Å²) in [5.74, 6) is 0. The minimum absolute atomic E-state index is 0.201. The molecule has 1 rings (SSSR count). The zero-order valence-electron chi connectivity index (χ0n) is 11.9. The molecule has 1 N–H and O–H groups in total. The molecular weight excluding hydrogens is 248 g/mol. The highest BCUT2D eigenvalue weighted by molar-refractivity contribution is 7.80. The monoisotopic (exact) mass is 274 g/mol. The first-order valence-corrected chi connectivity index (χ1v) is 7.19. The van der Waals surface area contributed by atoms with E-state index in [0.29, 0.717) is 11.3 Å². The van der Waals surface area contributed by atoms with Crippen LogP contribution in [0.25, 0.3) is 0 Å². The fraction of sp³-hybridized carbons (Fsp3) is 0.923. The van der Waals surface area contributed by atoms with E-state index in [1.54, 1.807) is 4.90 Å². The van der Waals surface area contributed by atoms with Gasteiger partial charge in [-0.05, 0) is 33.6 Å². The molecule has 1 amide bonds. The predicted molar refractivity (Wildman–Crippen MR) is 77.3 cm³/mol. The summed E-state index contributed by atoms with van der Waals surface area (Å²) in [5.41, 5.74) is -0.420. The van der Waals surface area contributed by atoms with Gasteiger partial charge >= 0.3 is 6.09 Å². The molecule has 0 spiro atoms. The fourth-order valence-corrected chi connectivity index (χ4v) is 2.08. The van der Waals surface area contributed by atoms with E-state index in [0.717, 1.165) is 32.5 Å². The smallest absolute Gasteiger partial charge is 0.410 e. The maximum absolute atomic E-state index is 12.0. The number of piperidine rings is 1. The van der Waals surface area contributed by atoms with Crippen molar-refractivity contribution in [2.45, 2.75) is 57.4 Å². The second kappa shape index (κ2) is 6.66. The third-order valence-corrected chi connectivity index (χ3v) is 2.96. The highest BCUT2D eigenvalue weighted by Crippen LogP contribution is 2.15. The Labute approximate surface area is 116 Å². The summed E-state index contributed by atoms with van der Waals surface area (Å²) in [6.45, 7) is 10.1. The van der Waals surface area contributed by atoms with Crippen molar-refractivity contribution in [2.24, 2.45) is 0 Å². The zero-order valence-corrected chi connectivity index (χ0v) is 12.8. The van der Waals surface area contributed by atoms with Gasteiger partial charge in [-0.25, -0.2) is 4.79 Å². The lowest BCUT2D eigenvalue weighted by atomic mass is 10.1. The Bertz CT molecular complexity index is 277. The number of carbonyl (C=O) groups is 1. The average molecular weight is 274 g/mol. The number of ether oxygens (including phenoxy) is 1. The van der Waals surface area contributed by atoms with Crippen LogP contribution in [0.3, 0.4) is 0 Å². The van der Waals surface area contributed by atoms with Gasteiger partial charge in [0.2, 0.25) is 0 Å². The number of carbonyl (C=O) groups excluding carboxylic acids is 1. The van der Waals surface area contributed by atoms with Gasteiger partial charge in [0.05, 0.1) is 0 Å². The molecule has 0 saturated carbocycles. The molecule has 1 aliphatic rings. The van der Waals surface area contributed by atoms with Crippen molar-refractivity contribution in [3.63, 3.8) is 0 Å². The molecule has 0 aromatic carbocycles. The number of hydrogen-bond donors (Lipinski definition) is 2. The van der Waals surface area contributed by atoms with Crippen molar-refractivity contribution >= 4 is 18.7 Å². The van der Waals surface area contributed by atoms with Crippen molar-refractivity contribution in [3.8, 4) is 0 Å². The molecule has 0 aromatic rings. The first kappa shape index (κ1) is 15.6. The molecule has 5 heteroatoms. The van der Waals surface area contributed by atoms with Crippen LogP contribution in [0.2, 0.25) is 0 Å². The Morgan fingerprint density at radius 2 is 2.22 bits per heavy atom. The molecule has 1 heterocycles. The highest BCUT2D eigenvalue weighted by Gasteiger charge is 2.27. The number of likely N-dealkylation sites (tertiary alicyclic amines) is 1. The number of amides is 1. The average Bonchev–Trinajstić information content (AvgIpc) is 2.24. The Kier molecular flexibility index (Phi) is 5.79. The lowest BCUT2D eigenvalue weighted by molar-refractivity contribution is 0.0188. The summed E-state index contributed by atoms with van der Waals surface area (Å²) >= 11 is 4.35. The van der Waals surface area contributed by atoms with E-state index in [4.69, 9.17) is 4.74 Å². The van der Waals surface area contributed by atoms with Crippen molar-refractivity contribution in [1.29, 1.82) is 0 Å². The standard InChI is InChI=1S/C13H26N2O2S/c1-10(18)8-14-11-6-5-7-15(9-11)12(16)17-13(2,3)4/h10-11,14,18H,5-9H2,1-4H3/t10?,11-/m0/s1. The summed E-state index contributed by atoms with van der Waals surface area (Å²) in [7, 11) is 0. The van der Waals surface area contributed by atoms with E-state index >= 15 is 0 Å². The van der Waals surface area contributed by atoms with E-state index in [2.05, 4.69) is 24.9 Å². The van der Waals surface area contributed by atoms with Crippen molar-refractivity contribution in [1.82, 2.24) is 10.2 Å². The zero-order chi connectivity index (χ0) is 13.8. The van der Waals surface area contributed by atoms with E-state index in [1.807, 2.05) is 20.8 Å². The van der Waals surface area contributed by atoms with Gasteiger partial charge in [0.1, 0.15) is 5.60 Å². The van der Waals surface area contributed by atoms with Crippen LogP contribution in [0.4, 0.5) is 4.79 Å². The van der Waals surface area contributed by atoms with E-state index < -0.39 is 5.60 Å². The van der Waals surface area contributed by atoms with Crippen LogP contribution >= 0.6 is 12.6 Å². The van der Waals surface area contributed by atoms with Gasteiger partial charge in [-0.1, -0.05) is 6.92 Å². The summed E-state index contributed by atoms with van der Waals surface area (Å²) in [5, 5.41) is 3.78. The summed E-state index contributed by atoms with van der Waals surface area (Å²) in [6, 6.07) is 0.362. The maximum Gasteiger partial charge on any atom is 0.410 e. The van der Waals surface area contributed by atoms with Crippen LogP contribution in [0.5, 0.6) is 0 Å². The SMILES string of the molecule is CC(S)CN[C@H]1CCCN(C(=O)OC(C)(C)C)C1. The van der Waals surface area contributed by atoms with Gasteiger partial charge in [-0.15, -0.1) is 0 Å². The summed E-state index contributed by atoms with van der Waals surface area (Å²) < 4.78 is 5.40. The second-order valence-electron chi connectivity index (χ2n) is 6.02. The van der Waals surface area contributed by atoms with Crippen LogP contribution in [0.1, 0.15) is 40.5 Å². The van der Waals surface area contributed by atoms with Crippen LogP contribution < -0.4 is 5.32 Å². The molecule has 1 fully saturated rings. The second-order valence-corrected chi connectivity index (χ2v) is 6.90. The van der Waals surface area contributed by atoms with Crippen LogP contribution in [-0.4, -0.2) is 47.5 Å². The van der Waals surface area contributed by atoms with Crippen molar-refractivity contribution in [2.75, 3.05) is 19.6 Å². The van der Waals surface area contributed by atoms with Crippen LogP contribution in [0, 0.1) is 0 Å². The molecular formula is C13H26N2O2S. The Balaban J connectivity index is 2.40. The van der Waals surface area contributed by atoms with E-state index in [9.17, 15) is 4.79 Å². The lowest BCUT2D eigenvalue weighted by Crippen LogP contribution is -2.50. The molecule has 1 unspecified atom stereocenters. The van der Waals surface area contributed by atoms with E-state index in [-0.39, 0.29) is 6.09 Å². The molecule has 0 bridgehead atoms. The minimum atomic E-state index is -0.420. The summed E-state index contributed by atoms with van der Waals surface area (Å²) in [6.07, 6.45) is 1.94. The van der Waals surface area contributed by atoms with Crippen LogP contribution in [0.15, 0.2) is 0 Å². The first-order valence-electron chi connectivity index (χ1n) is 6.67. The van der Waals surface area contributed by atoms with Gasteiger partial charge in [0, 0.05) is 30.9 Å². The predicted octanol–water partition coefficient (Wildman–Crippen LogP) is 2.29. The third kappa shape index (κ3) is 5.96. The molecule has 1 aliphatic heterocycles.